The van der Waals surface area contributed by atoms with Crippen LogP contribution in [0.2, 0.25) is 0 Å². The lowest BCUT2D eigenvalue weighted by Gasteiger charge is -2.26. The van der Waals surface area contributed by atoms with Gasteiger partial charge in [-0.25, -0.2) is 4.79 Å². The average molecular weight is 333 g/mol. The average Bonchev–Trinajstić information content (AvgIpc) is 3.05. The van der Waals surface area contributed by atoms with Gasteiger partial charge in [0.2, 0.25) is 5.91 Å². The molecule has 0 aliphatic carbocycles. The third-order valence-corrected chi connectivity index (χ3v) is 4.16. The van der Waals surface area contributed by atoms with Gasteiger partial charge in [-0.15, -0.1) is 0 Å². The number of nitrogens with zero attached hydrogens (tertiary/aromatic N) is 1. The fourth-order valence-corrected chi connectivity index (χ4v) is 2.84. The zero-order chi connectivity index (χ0) is 17.5. The lowest BCUT2D eigenvalue weighted by atomic mass is 10.1. The molecule has 3 amide bonds. The van der Waals surface area contributed by atoms with E-state index >= 15 is 0 Å². The lowest BCUT2D eigenvalue weighted by molar-refractivity contribution is -0.114. The molecule has 24 heavy (non-hydrogen) atoms. The summed E-state index contributed by atoms with van der Waals surface area (Å²) in [5, 5.41) is 5.78. The highest BCUT2D eigenvalue weighted by molar-refractivity contribution is 5.88. The molecule has 0 radical (unpaired) electrons. The number of carbonyl (C=O) groups is 2. The number of benzene rings is 1. The van der Waals surface area contributed by atoms with Crippen molar-refractivity contribution in [3.8, 4) is 0 Å². The highest BCUT2D eigenvalue weighted by Gasteiger charge is 2.22. The van der Waals surface area contributed by atoms with E-state index in [2.05, 4.69) is 10.6 Å². The Morgan fingerprint density at radius 3 is 2.83 bits per heavy atom. The summed E-state index contributed by atoms with van der Waals surface area (Å²) in [6.45, 7) is 7.44. The second kappa shape index (κ2) is 8.68. The van der Waals surface area contributed by atoms with Crippen molar-refractivity contribution in [3.05, 3.63) is 29.8 Å². The zero-order valence-electron chi connectivity index (χ0n) is 14.7. The van der Waals surface area contributed by atoms with Crippen LogP contribution in [0.1, 0.15) is 45.2 Å². The van der Waals surface area contributed by atoms with Crippen LogP contribution in [-0.4, -0.2) is 42.6 Å². The van der Waals surface area contributed by atoms with Gasteiger partial charge in [0.1, 0.15) is 0 Å². The Balaban J connectivity index is 1.95. The maximum absolute atomic E-state index is 12.5. The van der Waals surface area contributed by atoms with Crippen LogP contribution in [0.3, 0.4) is 0 Å². The van der Waals surface area contributed by atoms with Gasteiger partial charge in [-0.05, 0) is 44.4 Å². The summed E-state index contributed by atoms with van der Waals surface area (Å²) >= 11 is 0. The topological polar surface area (TPSA) is 70.7 Å². The van der Waals surface area contributed by atoms with Gasteiger partial charge in [-0.3, -0.25) is 4.79 Å². The number of ether oxygens (including phenoxy) is 1. The van der Waals surface area contributed by atoms with Gasteiger partial charge in [0, 0.05) is 32.3 Å². The molecule has 0 aromatic heterocycles. The number of hydrogen-bond donors (Lipinski definition) is 2. The Labute approximate surface area is 143 Å². The molecule has 1 saturated heterocycles. The summed E-state index contributed by atoms with van der Waals surface area (Å²) in [6, 6.07) is 7.27. The van der Waals surface area contributed by atoms with Crippen molar-refractivity contribution in [1.82, 2.24) is 10.2 Å². The van der Waals surface area contributed by atoms with E-state index < -0.39 is 0 Å². The van der Waals surface area contributed by atoms with Crippen molar-refractivity contribution < 1.29 is 14.3 Å². The van der Waals surface area contributed by atoms with E-state index in [-0.39, 0.29) is 24.1 Å². The molecule has 6 heteroatoms. The van der Waals surface area contributed by atoms with Crippen molar-refractivity contribution in [3.63, 3.8) is 0 Å². The Hall–Kier alpha value is -2.08. The van der Waals surface area contributed by atoms with Gasteiger partial charge in [0.25, 0.3) is 0 Å². The first kappa shape index (κ1) is 18.3. The number of amides is 3. The zero-order valence-corrected chi connectivity index (χ0v) is 14.7. The molecule has 0 spiro atoms. The maximum Gasteiger partial charge on any atom is 0.317 e. The summed E-state index contributed by atoms with van der Waals surface area (Å²) in [6.07, 6.45) is 2.22. The number of likely N-dealkylation sites (N-methyl/N-ethyl adjacent to an activating group) is 1. The number of urea groups is 1. The normalized spacial score (nSPS) is 18.0. The first-order valence-corrected chi connectivity index (χ1v) is 8.54. The van der Waals surface area contributed by atoms with E-state index in [0.29, 0.717) is 13.1 Å². The standard InChI is InChI=1S/C18H27N3O3/c1-4-21(12-17-9-6-10-24-17)18(23)19-13(2)15-7-5-8-16(11-15)20-14(3)22/h5,7-8,11,13,17H,4,6,9-10,12H2,1-3H3,(H,19,23)(H,20,22)/t13-,17+/m0/s1. The fourth-order valence-electron chi connectivity index (χ4n) is 2.84. The molecular formula is C18H27N3O3. The molecule has 0 bridgehead atoms. The van der Waals surface area contributed by atoms with Crippen molar-refractivity contribution in [2.45, 2.75) is 45.8 Å². The largest absolute Gasteiger partial charge is 0.376 e. The van der Waals surface area contributed by atoms with Crippen LogP contribution >= 0.6 is 0 Å². The fraction of sp³-hybridized carbons (Fsp3) is 0.556. The predicted molar refractivity (Wildman–Crippen MR) is 93.9 cm³/mol. The lowest BCUT2D eigenvalue weighted by Crippen LogP contribution is -2.44. The van der Waals surface area contributed by atoms with Gasteiger partial charge < -0.3 is 20.3 Å². The Kier molecular flexibility index (Phi) is 6.61. The molecule has 0 unspecified atom stereocenters. The number of carbonyl (C=O) groups excluding carboxylic acids is 2. The van der Waals surface area contributed by atoms with Crippen LogP contribution in [0.4, 0.5) is 10.5 Å². The summed E-state index contributed by atoms with van der Waals surface area (Å²) < 4.78 is 5.62. The van der Waals surface area contributed by atoms with E-state index in [1.807, 2.05) is 38.1 Å². The van der Waals surface area contributed by atoms with E-state index in [1.165, 1.54) is 6.92 Å². The highest BCUT2D eigenvalue weighted by Crippen LogP contribution is 2.18. The monoisotopic (exact) mass is 333 g/mol. The van der Waals surface area contributed by atoms with Crippen LogP contribution in [-0.2, 0) is 9.53 Å². The number of hydrogen-bond acceptors (Lipinski definition) is 3. The molecule has 1 heterocycles. The summed E-state index contributed by atoms with van der Waals surface area (Å²) in [7, 11) is 0. The van der Waals surface area contributed by atoms with E-state index in [1.54, 1.807) is 4.90 Å². The molecule has 132 valence electrons. The molecule has 2 N–H and O–H groups in total. The molecule has 2 rings (SSSR count). The molecule has 1 aromatic rings. The molecule has 1 aliphatic heterocycles. The first-order chi connectivity index (χ1) is 11.5. The van der Waals surface area contributed by atoms with Crippen LogP contribution in [0.15, 0.2) is 24.3 Å². The van der Waals surface area contributed by atoms with Crippen LogP contribution < -0.4 is 10.6 Å². The van der Waals surface area contributed by atoms with Gasteiger partial charge in [-0.1, -0.05) is 12.1 Å². The number of rotatable bonds is 6. The number of anilines is 1. The van der Waals surface area contributed by atoms with Crippen molar-refractivity contribution in [2.24, 2.45) is 0 Å². The summed E-state index contributed by atoms with van der Waals surface area (Å²) in [5.41, 5.74) is 1.68. The van der Waals surface area contributed by atoms with Gasteiger partial charge >= 0.3 is 6.03 Å². The third-order valence-electron chi connectivity index (χ3n) is 4.16. The van der Waals surface area contributed by atoms with Crippen LogP contribution in [0.5, 0.6) is 0 Å². The third kappa shape index (κ3) is 5.23. The van der Waals surface area contributed by atoms with Crippen LogP contribution in [0.25, 0.3) is 0 Å². The second-order valence-corrected chi connectivity index (χ2v) is 6.15. The first-order valence-electron chi connectivity index (χ1n) is 8.54. The Morgan fingerprint density at radius 2 is 2.21 bits per heavy atom. The molecule has 1 aliphatic rings. The smallest absolute Gasteiger partial charge is 0.317 e. The predicted octanol–water partition coefficient (Wildman–Crippen LogP) is 2.92. The molecule has 6 nitrogen and oxygen atoms in total. The highest BCUT2D eigenvalue weighted by atomic mass is 16.5. The van der Waals surface area contributed by atoms with Gasteiger partial charge in [-0.2, -0.15) is 0 Å². The van der Waals surface area contributed by atoms with Crippen molar-refractivity contribution >= 4 is 17.6 Å². The minimum Gasteiger partial charge on any atom is -0.376 e. The summed E-state index contributed by atoms with van der Waals surface area (Å²) in [5.74, 6) is -0.113. The quantitative estimate of drug-likeness (QED) is 0.841. The van der Waals surface area contributed by atoms with Crippen molar-refractivity contribution in [1.29, 1.82) is 0 Å². The minimum absolute atomic E-state index is 0.0922. The Morgan fingerprint density at radius 1 is 1.42 bits per heavy atom. The van der Waals surface area contributed by atoms with E-state index in [9.17, 15) is 9.59 Å². The maximum atomic E-state index is 12.5. The molecule has 1 aromatic carbocycles. The van der Waals surface area contributed by atoms with Gasteiger partial charge in [0.05, 0.1) is 12.1 Å². The molecular weight excluding hydrogens is 306 g/mol. The Bertz CT molecular complexity index is 570. The minimum atomic E-state index is -0.148. The summed E-state index contributed by atoms with van der Waals surface area (Å²) in [4.78, 5) is 25.4. The van der Waals surface area contributed by atoms with E-state index in [4.69, 9.17) is 4.74 Å². The van der Waals surface area contributed by atoms with Crippen LogP contribution in [0, 0.1) is 0 Å². The molecule has 0 saturated carbocycles. The SMILES string of the molecule is CCN(C[C@H]1CCCO1)C(=O)N[C@@H](C)c1cccc(NC(C)=O)c1. The second-order valence-electron chi connectivity index (χ2n) is 6.15. The number of nitrogens with one attached hydrogen (secondary N) is 2. The van der Waals surface area contributed by atoms with Crippen molar-refractivity contribution in [2.75, 3.05) is 25.0 Å². The van der Waals surface area contributed by atoms with E-state index in [0.717, 1.165) is 30.7 Å². The molecule has 2 atom stereocenters. The van der Waals surface area contributed by atoms with Gasteiger partial charge in [0.15, 0.2) is 0 Å². The molecule has 1 fully saturated rings.